The molecule has 0 bridgehead atoms. The van der Waals surface area contributed by atoms with Crippen LogP contribution >= 0.6 is 0 Å². The Morgan fingerprint density at radius 2 is 1.67 bits per heavy atom. The van der Waals surface area contributed by atoms with Gasteiger partial charge in [0, 0.05) is 6.04 Å². The molecule has 0 aromatic heterocycles. The number of nitrogens with one attached hydrogen (secondary N) is 2. The Labute approximate surface area is 125 Å². The minimum Gasteiger partial charge on any atom is -0.479 e. The molecule has 5 nitrogen and oxygen atoms in total. The van der Waals surface area contributed by atoms with E-state index >= 15 is 0 Å². The van der Waals surface area contributed by atoms with Crippen molar-refractivity contribution < 1.29 is 14.7 Å². The number of hydrogen-bond donors (Lipinski definition) is 3. The van der Waals surface area contributed by atoms with Gasteiger partial charge in [-0.3, -0.25) is 0 Å². The molecular weight excluding hydrogens is 268 g/mol. The fourth-order valence-corrected chi connectivity index (χ4v) is 1.99. The molecule has 21 heavy (non-hydrogen) atoms. The highest BCUT2D eigenvalue weighted by molar-refractivity contribution is 5.83. The lowest BCUT2D eigenvalue weighted by Gasteiger charge is -2.19. The van der Waals surface area contributed by atoms with Crippen molar-refractivity contribution in [1.82, 2.24) is 10.6 Å². The third-order valence-corrected chi connectivity index (χ3v) is 3.21. The van der Waals surface area contributed by atoms with Crippen molar-refractivity contribution in [2.75, 3.05) is 0 Å². The van der Waals surface area contributed by atoms with E-state index < -0.39 is 18.0 Å². The van der Waals surface area contributed by atoms with Gasteiger partial charge in [0.15, 0.2) is 6.04 Å². The number of carboxylic acid groups (broad SMARTS) is 1. The van der Waals surface area contributed by atoms with Crippen LogP contribution in [0.15, 0.2) is 30.3 Å². The van der Waals surface area contributed by atoms with E-state index in [1.54, 1.807) is 30.3 Å². The Kier molecular flexibility index (Phi) is 6.72. The second-order valence-corrected chi connectivity index (χ2v) is 5.67. The molecular formula is C16H24N2O3. The van der Waals surface area contributed by atoms with Crippen molar-refractivity contribution in [2.45, 2.75) is 45.7 Å². The van der Waals surface area contributed by atoms with Gasteiger partial charge in [0.05, 0.1) is 0 Å². The number of amides is 2. The number of rotatable bonds is 7. The zero-order valence-electron chi connectivity index (χ0n) is 12.8. The van der Waals surface area contributed by atoms with Gasteiger partial charge >= 0.3 is 12.0 Å². The van der Waals surface area contributed by atoms with E-state index in [0.29, 0.717) is 11.5 Å². The van der Waals surface area contributed by atoms with Gasteiger partial charge in [-0.05, 0) is 31.2 Å². The Morgan fingerprint density at radius 3 is 2.19 bits per heavy atom. The van der Waals surface area contributed by atoms with E-state index in [0.717, 1.165) is 12.8 Å². The van der Waals surface area contributed by atoms with Gasteiger partial charge in [0.2, 0.25) is 0 Å². The van der Waals surface area contributed by atoms with Crippen molar-refractivity contribution in [3.05, 3.63) is 35.9 Å². The summed E-state index contributed by atoms with van der Waals surface area (Å²) in [5.74, 6) is -0.500. The predicted octanol–water partition coefficient (Wildman–Crippen LogP) is 2.94. The van der Waals surface area contributed by atoms with E-state index in [2.05, 4.69) is 24.5 Å². The van der Waals surface area contributed by atoms with Gasteiger partial charge in [-0.15, -0.1) is 0 Å². The van der Waals surface area contributed by atoms with Crippen LogP contribution in [-0.4, -0.2) is 23.1 Å². The maximum absolute atomic E-state index is 11.9. The second-order valence-electron chi connectivity index (χ2n) is 5.67. The quantitative estimate of drug-likeness (QED) is 0.723. The average Bonchev–Trinajstić information content (AvgIpc) is 2.43. The van der Waals surface area contributed by atoms with Crippen LogP contribution in [0.2, 0.25) is 0 Å². The van der Waals surface area contributed by atoms with Gasteiger partial charge in [0.25, 0.3) is 0 Å². The summed E-state index contributed by atoms with van der Waals surface area (Å²) in [4.78, 5) is 23.2. The fourth-order valence-electron chi connectivity index (χ4n) is 1.99. The van der Waals surface area contributed by atoms with Crippen LogP contribution in [0.5, 0.6) is 0 Å². The molecule has 0 saturated heterocycles. The molecule has 2 unspecified atom stereocenters. The van der Waals surface area contributed by atoms with Gasteiger partial charge in [0.1, 0.15) is 0 Å². The molecule has 1 rings (SSSR count). The summed E-state index contributed by atoms with van der Waals surface area (Å²) in [5, 5.41) is 14.5. The smallest absolute Gasteiger partial charge is 0.330 e. The monoisotopic (exact) mass is 292 g/mol. The summed E-state index contributed by atoms with van der Waals surface area (Å²) in [5.41, 5.74) is 0.551. The molecule has 2 amide bonds. The minimum atomic E-state index is -1.08. The van der Waals surface area contributed by atoms with E-state index in [9.17, 15) is 14.7 Å². The Hall–Kier alpha value is -2.04. The summed E-state index contributed by atoms with van der Waals surface area (Å²) in [7, 11) is 0. The molecule has 0 radical (unpaired) electrons. The van der Waals surface area contributed by atoms with E-state index in [1.165, 1.54) is 0 Å². The summed E-state index contributed by atoms with van der Waals surface area (Å²) in [6.07, 6.45) is 1.89. The lowest BCUT2D eigenvalue weighted by Crippen LogP contribution is -2.44. The second kappa shape index (κ2) is 8.29. The number of benzene rings is 1. The van der Waals surface area contributed by atoms with Crippen LogP contribution in [0.1, 0.15) is 45.2 Å². The largest absolute Gasteiger partial charge is 0.479 e. The molecule has 0 spiro atoms. The maximum atomic E-state index is 11.9. The van der Waals surface area contributed by atoms with Crippen LogP contribution in [-0.2, 0) is 4.79 Å². The van der Waals surface area contributed by atoms with Gasteiger partial charge in [-0.2, -0.15) is 0 Å². The number of aliphatic carboxylic acids is 1. The molecule has 1 aromatic carbocycles. The SMILES string of the molecule is CC(C)CCC(C)NC(=O)NC(C(=O)O)c1ccccc1. The molecule has 0 aliphatic heterocycles. The first-order valence-corrected chi connectivity index (χ1v) is 7.25. The number of carboxylic acids is 1. The van der Waals surface area contributed by atoms with E-state index in [-0.39, 0.29) is 6.04 Å². The van der Waals surface area contributed by atoms with Gasteiger partial charge in [-0.25, -0.2) is 9.59 Å². The van der Waals surface area contributed by atoms with Crippen molar-refractivity contribution in [2.24, 2.45) is 5.92 Å². The number of urea groups is 1. The van der Waals surface area contributed by atoms with Gasteiger partial charge < -0.3 is 15.7 Å². The lowest BCUT2D eigenvalue weighted by molar-refractivity contribution is -0.139. The first-order chi connectivity index (χ1) is 9.90. The Balaban J connectivity index is 2.56. The Morgan fingerprint density at radius 1 is 1.05 bits per heavy atom. The van der Waals surface area contributed by atoms with Crippen molar-refractivity contribution in [3.63, 3.8) is 0 Å². The molecule has 0 aliphatic carbocycles. The van der Waals surface area contributed by atoms with Crippen LogP contribution < -0.4 is 10.6 Å². The predicted molar refractivity (Wildman–Crippen MR) is 82.0 cm³/mol. The highest BCUT2D eigenvalue weighted by Crippen LogP contribution is 2.12. The first-order valence-electron chi connectivity index (χ1n) is 7.25. The molecule has 2 atom stereocenters. The third-order valence-electron chi connectivity index (χ3n) is 3.21. The highest BCUT2D eigenvalue weighted by Gasteiger charge is 2.22. The van der Waals surface area contributed by atoms with E-state index in [1.807, 2.05) is 6.92 Å². The molecule has 0 saturated carbocycles. The maximum Gasteiger partial charge on any atom is 0.330 e. The Bertz CT molecular complexity index is 460. The minimum absolute atomic E-state index is 0.0117. The standard InChI is InChI=1S/C16H24N2O3/c1-11(2)9-10-12(3)17-16(21)18-14(15(19)20)13-7-5-4-6-8-13/h4-8,11-12,14H,9-10H2,1-3H3,(H,19,20)(H2,17,18,21). The summed E-state index contributed by atoms with van der Waals surface area (Å²) < 4.78 is 0. The normalized spacial score (nSPS) is 13.5. The average molecular weight is 292 g/mol. The summed E-state index contributed by atoms with van der Waals surface area (Å²) in [6.45, 7) is 6.17. The highest BCUT2D eigenvalue weighted by atomic mass is 16.4. The first kappa shape index (κ1) is 17.0. The zero-order valence-corrected chi connectivity index (χ0v) is 12.8. The fraction of sp³-hybridized carbons (Fsp3) is 0.500. The van der Waals surface area contributed by atoms with Crippen LogP contribution in [0.4, 0.5) is 4.79 Å². The molecule has 116 valence electrons. The summed E-state index contributed by atoms with van der Waals surface area (Å²) in [6, 6.07) is 7.18. The zero-order chi connectivity index (χ0) is 15.8. The lowest BCUT2D eigenvalue weighted by atomic mass is 10.0. The van der Waals surface area contributed by atoms with Crippen molar-refractivity contribution >= 4 is 12.0 Å². The molecule has 0 aliphatic rings. The van der Waals surface area contributed by atoms with E-state index in [4.69, 9.17) is 0 Å². The number of carbonyl (C=O) groups excluding carboxylic acids is 1. The molecule has 1 aromatic rings. The van der Waals surface area contributed by atoms with Crippen LogP contribution in [0.25, 0.3) is 0 Å². The topological polar surface area (TPSA) is 78.4 Å². The number of hydrogen-bond acceptors (Lipinski definition) is 2. The third kappa shape index (κ3) is 6.29. The molecule has 5 heteroatoms. The molecule has 3 N–H and O–H groups in total. The molecule has 0 fully saturated rings. The molecule has 0 heterocycles. The van der Waals surface area contributed by atoms with Gasteiger partial charge in [-0.1, -0.05) is 44.2 Å². The van der Waals surface area contributed by atoms with Crippen LogP contribution in [0.3, 0.4) is 0 Å². The number of carbonyl (C=O) groups is 2. The summed E-state index contributed by atoms with van der Waals surface area (Å²) >= 11 is 0. The van der Waals surface area contributed by atoms with Crippen LogP contribution in [0, 0.1) is 5.92 Å². The van der Waals surface area contributed by atoms with Crippen molar-refractivity contribution in [1.29, 1.82) is 0 Å². The van der Waals surface area contributed by atoms with Crippen molar-refractivity contribution in [3.8, 4) is 0 Å².